The molecule has 32 heavy (non-hydrogen) atoms. The van der Waals surface area contributed by atoms with Crippen molar-refractivity contribution in [2.24, 2.45) is 4.99 Å². The summed E-state index contributed by atoms with van der Waals surface area (Å²) < 4.78 is 6.28. The van der Waals surface area contributed by atoms with Gasteiger partial charge in [0.25, 0.3) is 6.04 Å². The van der Waals surface area contributed by atoms with Gasteiger partial charge in [0.15, 0.2) is 5.82 Å². The van der Waals surface area contributed by atoms with Crippen LogP contribution in [0.3, 0.4) is 0 Å². The number of hydrogen-bond acceptors (Lipinski definition) is 5. The summed E-state index contributed by atoms with van der Waals surface area (Å²) in [7, 11) is 0. The molecule has 1 aromatic carbocycles. The first-order valence-corrected chi connectivity index (χ1v) is 11.2. The quantitative estimate of drug-likeness (QED) is 0.596. The molecule has 0 bridgehead atoms. The number of fused-ring (bicyclic) bond motifs is 1. The number of hydrogen-bond donors (Lipinski definition) is 1. The largest absolute Gasteiger partial charge is 0.444 e. The number of carbonyl (C=O) groups excluding carboxylic acids is 1. The number of carbonyl (C=O) groups is 1. The Morgan fingerprint density at radius 2 is 2.19 bits per heavy atom. The van der Waals surface area contributed by atoms with Gasteiger partial charge in [-0.05, 0) is 61.2 Å². The maximum atomic E-state index is 12.9. The molecule has 2 aliphatic rings. The van der Waals surface area contributed by atoms with Crippen molar-refractivity contribution in [3.63, 3.8) is 0 Å². The predicted octanol–water partition coefficient (Wildman–Crippen LogP) is 4.95. The summed E-state index contributed by atoms with van der Waals surface area (Å²) in [5.74, 6) is 0.202. The Balaban J connectivity index is 1.79. The third kappa shape index (κ3) is 3.89. The SMILES string of the molecule is [C-]#[N+]C1C(C2CCCN2C(=O)OC(C)(C)C)=Nc2[nH]ncc2C1c1cccc(C#N)c1Br. The summed E-state index contributed by atoms with van der Waals surface area (Å²) in [6.07, 6.45) is 2.80. The summed E-state index contributed by atoms with van der Waals surface area (Å²) >= 11 is 3.56. The van der Waals surface area contributed by atoms with Gasteiger partial charge in [0, 0.05) is 16.6 Å². The Labute approximate surface area is 195 Å². The van der Waals surface area contributed by atoms with E-state index in [1.165, 1.54) is 0 Å². The lowest BCUT2D eigenvalue weighted by Crippen LogP contribution is -2.48. The van der Waals surface area contributed by atoms with Crippen LogP contribution in [-0.4, -0.2) is 51.1 Å². The van der Waals surface area contributed by atoms with Crippen molar-refractivity contribution in [3.05, 3.63) is 57.0 Å². The molecule has 0 aliphatic carbocycles. The minimum Gasteiger partial charge on any atom is -0.444 e. The minimum atomic E-state index is -0.640. The fraction of sp³-hybridized carbons (Fsp3) is 0.435. The fourth-order valence-corrected chi connectivity index (χ4v) is 4.98. The number of rotatable bonds is 2. The van der Waals surface area contributed by atoms with Crippen molar-refractivity contribution in [3.8, 4) is 6.07 Å². The standard InChI is InChI=1S/C23H23BrN6O2/c1-23(2,3)32-22(31)30-10-6-9-16(30)19-20(26-4)17(15-12-27-29-21(15)28-19)14-8-5-7-13(11-25)18(14)24/h5,7-8,12,16-17,20H,6,9-10H2,1-3H3,(H,27,29). The van der Waals surface area contributed by atoms with E-state index in [-0.39, 0.29) is 12.0 Å². The van der Waals surface area contributed by atoms with E-state index in [9.17, 15) is 10.1 Å². The molecular weight excluding hydrogens is 472 g/mol. The van der Waals surface area contributed by atoms with Crippen LogP contribution in [0.5, 0.6) is 0 Å². The monoisotopic (exact) mass is 494 g/mol. The third-order valence-electron chi connectivity index (χ3n) is 5.69. The second-order valence-electron chi connectivity index (χ2n) is 8.91. The van der Waals surface area contributed by atoms with Crippen molar-refractivity contribution in [1.29, 1.82) is 5.26 Å². The number of likely N-dealkylation sites (tertiary alicyclic amines) is 1. The molecule has 164 valence electrons. The molecule has 2 aliphatic heterocycles. The molecule has 3 atom stereocenters. The first kappa shape index (κ1) is 22.0. The van der Waals surface area contributed by atoms with Crippen LogP contribution in [0.25, 0.3) is 4.85 Å². The number of aromatic amines is 1. The zero-order valence-electron chi connectivity index (χ0n) is 18.1. The number of nitrogens with one attached hydrogen (secondary N) is 1. The van der Waals surface area contributed by atoms with Crippen LogP contribution >= 0.6 is 15.9 Å². The number of H-pyrrole nitrogens is 1. The Morgan fingerprint density at radius 3 is 2.88 bits per heavy atom. The molecule has 4 rings (SSSR count). The van der Waals surface area contributed by atoms with Crippen LogP contribution in [0.1, 0.15) is 56.2 Å². The molecule has 3 heterocycles. The third-order valence-corrected chi connectivity index (χ3v) is 6.57. The molecule has 1 saturated heterocycles. The summed E-state index contributed by atoms with van der Waals surface area (Å²) in [6.45, 7) is 14.1. The number of nitriles is 1. The highest BCUT2D eigenvalue weighted by Crippen LogP contribution is 2.44. The fourth-order valence-electron chi connectivity index (χ4n) is 4.38. The second-order valence-corrected chi connectivity index (χ2v) is 9.71. The molecule has 0 radical (unpaired) electrons. The number of nitrogens with zero attached hydrogens (tertiary/aromatic N) is 5. The zero-order valence-corrected chi connectivity index (χ0v) is 19.7. The molecule has 1 N–H and O–H groups in total. The van der Waals surface area contributed by atoms with E-state index in [0.717, 1.165) is 17.5 Å². The van der Waals surface area contributed by atoms with Gasteiger partial charge in [-0.15, -0.1) is 0 Å². The highest BCUT2D eigenvalue weighted by atomic mass is 79.9. The van der Waals surface area contributed by atoms with Crippen LogP contribution in [0.15, 0.2) is 33.9 Å². The maximum absolute atomic E-state index is 12.9. The van der Waals surface area contributed by atoms with Crippen LogP contribution in [-0.2, 0) is 4.74 Å². The van der Waals surface area contributed by atoms with Gasteiger partial charge in [-0.25, -0.2) is 16.4 Å². The first-order chi connectivity index (χ1) is 15.2. The summed E-state index contributed by atoms with van der Waals surface area (Å²) in [6, 6.07) is 6.67. The van der Waals surface area contributed by atoms with Crippen LogP contribution in [0, 0.1) is 17.9 Å². The molecule has 0 spiro atoms. The van der Waals surface area contributed by atoms with E-state index in [0.29, 0.717) is 34.5 Å². The van der Waals surface area contributed by atoms with E-state index < -0.39 is 17.7 Å². The number of halogens is 1. The minimum absolute atomic E-state index is 0.333. The van der Waals surface area contributed by atoms with E-state index in [2.05, 4.69) is 37.0 Å². The second kappa shape index (κ2) is 8.40. The van der Waals surface area contributed by atoms with Crippen molar-refractivity contribution in [2.45, 2.75) is 57.2 Å². The predicted molar refractivity (Wildman–Crippen MR) is 123 cm³/mol. The number of aliphatic imine (C=N–C) groups is 1. The van der Waals surface area contributed by atoms with E-state index >= 15 is 0 Å². The van der Waals surface area contributed by atoms with Gasteiger partial charge in [0.05, 0.1) is 23.7 Å². The Kier molecular flexibility index (Phi) is 5.79. The first-order valence-electron chi connectivity index (χ1n) is 10.4. The topological polar surface area (TPSA) is 98.7 Å². The van der Waals surface area contributed by atoms with Gasteiger partial charge < -0.3 is 9.58 Å². The number of amides is 1. The summed E-state index contributed by atoms with van der Waals surface area (Å²) in [5.41, 5.74) is 2.13. The van der Waals surface area contributed by atoms with Crippen LogP contribution in [0.2, 0.25) is 0 Å². The Morgan fingerprint density at radius 1 is 1.41 bits per heavy atom. The normalized spacial score (nSPS) is 22.5. The number of aromatic nitrogens is 2. The highest BCUT2D eigenvalue weighted by Gasteiger charge is 2.48. The van der Waals surface area contributed by atoms with Gasteiger partial charge in [0.2, 0.25) is 0 Å². The van der Waals surface area contributed by atoms with Crippen LogP contribution in [0.4, 0.5) is 10.6 Å². The van der Waals surface area contributed by atoms with E-state index in [4.69, 9.17) is 16.3 Å². The van der Waals surface area contributed by atoms with Crippen molar-refractivity contribution >= 4 is 33.6 Å². The molecule has 1 aromatic heterocycles. The van der Waals surface area contributed by atoms with E-state index in [1.807, 2.05) is 32.9 Å². The lowest BCUT2D eigenvalue weighted by atomic mass is 9.80. The average molecular weight is 495 g/mol. The van der Waals surface area contributed by atoms with Crippen molar-refractivity contribution in [1.82, 2.24) is 15.1 Å². The molecule has 0 saturated carbocycles. The highest BCUT2D eigenvalue weighted by molar-refractivity contribution is 9.10. The van der Waals surface area contributed by atoms with E-state index in [1.54, 1.807) is 17.2 Å². The number of benzene rings is 1. The van der Waals surface area contributed by atoms with Crippen molar-refractivity contribution < 1.29 is 9.53 Å². The van der Waals surface area contributed by atoms with Gasteiger partial charge >= 0.3 is 6.09 Å². The maximum Gasteiger partial charge on any atom is 0.410 e. The smallest absolute Gasteiger partial charge is 0.410 e. The van der Waals surface area contributed by atoms with Gasteiger partial charge in [-0.3, -0.25) is 10.00 Å². The average Bonchev–Trinajstić information content (AvgIpc) is 3.40. The van der Waals surface area contributed by atoms with Crippen molar-refractivity contribution in [2.75, 3.05) is 6.54 Å². The zero-order chi connectivity index (χ0) is 23.0. The molecular formula is C23H23BrN6O2. The lowest BCUT2D eigenvalue weighted by Gasteiger charge is -2.32. The molecule has 1 amide bonds. The Hall–Kier alpha value is -3.17. The van der Waals surface area contributed by atoms with Gasteiger partial charge in [-0.1, -0.05) is 12.1 Å². The molecule has 9 heteroatoms. The molecule has 8 nitrogen and oxygen atoms in total. The Bertz CT molecular complexity index is 1170. The molecule has 2 aromatic rings. The number of ether oxygens (including phenoxy) is 1. The molecule has 3 unspecified atom stereocenters. The lowest BCUT2D eigenvalue weighted by molar-refractivity contribution is 0.0264. The van der Waals surface area contributed by atoms with Gasteiger partial charge in [0.1, 0.15) is 17.4 Å². The van der Waals surface area contributed by atoms with Gasteiger partial charge in [-0.2, -0.15) is 10.4 Å². The summed E-state index contributed by atoms with van der Waals surface area (Å²) in [5, 5.41) is 16.6. The summed E-state index contributed by atoms with van der Waals surface area (Å²) in [4.78, 5) is 23.3. The van der Waals surface area contributed by atoms with Crippen LogP contribution < -0.4 is 0 Å². The molecule has 1 fully saturated rings.